The Morgan fingerprint density at radius 3 is 2.85 bits per heavy atom. The van der Waals surface area contributed by atoms with E-state index in [0.717, 1.165) is 24.6 Å². The molecule has 0 unspecified atom stereocenters. The molecule has 26 heavy (non-hydrogen) atoms. The van der Waals surface area contributed by atoms with Crippen LogP contribution in [0.15, 0.2) is 29.9 Å². The fourth-order valence-electron chi connectivity index (χ4n) is 3.27. The number of hydrogen-bond donors (Lipinski definition) is 0. The van der Waals surface area contributed by atoms with Crippen LogP contribution in [0.1, 0.15) is 9.67 Å². The van der Waals surface area contributed by atoms with Crippen LogP contribution in [-0.4, -0.2) is 64.8 Å². The lowest BCUT2D eigenvalue weighted by molar-refractivity contribution is 0.0742. The minimum absolute atomic E-state index is 0.0134. The second-order valence-corrected chi connectivity index (χ2v) is 7.04. The van der Waals surface area contributed by atoms with Gasteiger partial charge in [0.05, 0.1) is 0 Å². The van der Waals surface area contributed by atoms with Crippen LogP contribution < -0.4 is 14.4 Å². The molecular weight excluding hydrogens is 354 g/mol. The van der Waals surface area contributed by atoms with Crippen LogP contribution in [0, 0.1) is 0 Å². The van der Waals surface area contributed by atoms with Crippen LogP contribution in [0.2, 0.25) is 0 Å². The number of carbonyl (C=O) groups is 1. The Hall–Kier alpha value is -2.81. The van der Waals surface area contributed by atoms with E-state index < -0.39 is 0 Å². The number of amides is 1. The van der Waals surface area contributed by atoms with Gasteiger partial charge in [0.25, 0.3) is 5.91 Å². The van der Waals surface area contributed by atoms with E-state index >= 15 is 0 Å². The Kier molecular flexibility index (Phi) is 3.66. The molecule has 2 aliphatic heterocycles. The van der Waals surface area contributed by atoms with E-state index in [9.17, 15) is 4.79 Å². The Bertz CT molecular complexity index is 960. The summed E-state index contributed by atoms with van der Waals surface area (Å²) in [5.74, 6) is 2.19. The molecule has 0 bridgehead atoms. The molecule has 5 heterocycles. The first kappa shape index (κ1) is 15.4. The van der Waals surface area contributed by atoms with Gasteiger partial charge in [0.15, 0.2) is 17.1 Å². The number of thiophene rings is 1. The average molecular weight is 371 g/mol. The number of nitrogens with zero attached hydrogens (tertiary/aromatic N) is 5. The third-order valence-electron chi connectivity index (χ3n) is 4.63. The normalized spacial score (nSPS) is 16.9. The van der Waals surface area contributed by atoms with Crippen molar-refractivity contribution < 1.29 is 14.3 Å². The van der Waals surface area contributed by atoms with Gasteiger partial charge in [0.1, 0.15) is 23.9 Å². The number of ether oxygens (including phenoxy) is 2. The van der Waals surface area contributed by atoms with Crippen molar-refractivity contribution in [2.75, 3.05) is 44.3 Å². The van der Waals surface area contributed by atoms with Crippen LogP contribution in [0.5, 0.6) is 11.5 Å². The van der Waals surface area contributed by atoms with E-state index in [-0.39, 0.29) is 5.91 Å². The predicted octanol–water partition coefficient (Wildman–Crippen LogP) is 1.52. The van der Waals surface area contributed by atoms with E-state index in [1.165, 1.54) is 11.3 Å². The molecule has 0 atom stereocenters. The highest BCUT2D eigenvalue weighted by molar-refractivity contribution is 7.12. The Balaban J connectivity index is 1.29. The predicted molar refractivity (Wildman–Crippen MR) is 96.4 cm³/mol. The summed E-state index contributed by atoms with van der Waals surface area (Å²) >= 11 is 1.39. The van der Waals surface area contributed by atoms with Gasteiger partial charge >= 0.3 is 0 Å². The van der Waals surface area contributed by atoms with Gasteiger partial charge < -0.3 is 19.3 Å². The highest BCUT2D eigenvalue weighted by atomic mass is 32.1. The maximum Gasteiger partial charge on any atom is 0.268 e. The van der Waals surface area contributed by atoms with Crippen LogP contribution in [0.25, 0.3) is 5.65 Å². The summed E-state index contributed by atoms with van der Waals surface area (Å²) in [6.07, 6.45) is 3.57. The summed E-state index contributed by atoms with van der Waals surface area (Å²) in [5, 5.41) is 6.43. The zero-order valence-corrected chi connectivity index (χ0v) is 14.8. The van der Waals surface area contributed by atoms with Crippen molar-refractivity contribution in [3.05, 3.63) is 34.8 Å². The maximum absolute atomic E-state index is 12.9. The van der Waals surface area contributed by atoms with Gasteiger partial charge in [-0.1, -0.05) is 0 Å². The SMILES string of the molecule is O=C(c1scc2c1OCCO2)N1CCN(c2ccc3nccn3n2)CC1. The van der Waals surface area contributed by atoms with Crippen molar-refractivity contribution in [2.45, 2.75) is 0 Å². The van der Waals surface area contributed by atoms with E-state index in [4.69, 9.17) is 9.47 Å². The van der Waals surface area contributed by atoms with Crippen LogP contribution >= 0.6 is 11.3 Å². The van der Waals surface area contributed by atoms with Crippen molar-refractivity contribution in [1.82, 2.24) is 19.5 Å². The molecule has 134 valence electrons. The molecule has 3 aromatic rings. The van der Waals surface area contributed by atoms with Crippen molar-refractivity contribution in [3.63, 3.8) is 0 Å². The third kappa shape index (κ3) is 2.55. The van der Waals surface area contributed by atoms with E-state index in [0.29, 0.717) is 42.7 Å². The van der Waals surface area contributed by atoms with E-state index in [1.807, 2.05) is 28.6 Å². The van der Waals surface area contributed by atoms with Crippen molar-refractivity contribution in [3.8, 4) is 11.5 Å². The number of aromatic nitrogens is 3. The van der Waals surface area contributed by atoms with Crippen molar-refractivity contribution in [1.29, 1.82) is 0 Å². The molecule has 1 amide bonds. The van der Waals surface area contributed by atoms with Gasteiger partial charge in [-0.3, -0.25) is 4.79 Å². The standard InChI is InChI=1S/C17H17N5O3S/c23-17(16-15-12(11-26-16)24-9-10-25-15)21-7-5-20(6-8-21)14-2-1-13-18-3-4-22(13)19-14/h1-4,11H,5-10H2. The second kappa shape index (κ2) is 6.17. The molecule has 1 saturated heterocycles. The Morgan fingerprint density at radius 1 is 1.12 bits per heavy atom. The zero-order chi connectivity index (χ0) is 17.5. The number of carbonyl (C=O) groups excluding carboxylic acids is 1. The molecule has 0 aromatic carbocycles. The molecule has 1 fully saturated rings. The Labute approximate surface area is 153 Å². The lowest BCUT2D eigenvalue weighted by Gasteiger charge is -2.35. The second-order valence-electron chi connectivity index (χ2n) is 6.16. The minimum Gasteiger partial charge on any atom is -0.485 e. The topological polar surface area (TPSA) is 72.2 Å². The van der Waals surface area contributed by atoms with Gasteiger partial charge in [0.2, 0.25) is 0 Å². The summed E-state index contributed by atoms with van der Waals surface area (Å²) in [5.41, 5.74) is 0.826. The molecule has 5 rings (SSSR count). The summed E-state index contributed by atoms with van der Waals surface area (Å²) in [6.45, 7) is 3.80. The Morgan fingerprint density at radius 2 is 1.96 bits per heavy atom. The van der Waals surface area contributed by atoms with Crippen LogP contribution in [0.4, 0.5) is 5.82 Å². The fourth-order valence-corrected chi connectivity index (χ4v) is 4.16. The van der Waals surface area contributed by atoms with Gasteiger partial charge in [-0.05, 0) is 12.1 Å². The van der Waals surface area contributed by atoms with Gasteiger partial charge in [-0.15, -0.1) is 16.4 Å². The summed E-state index contributed by atoms with van der Waals surface area (Å²) in [6, 6.07) is 3.93. The number of rotatable bonds is 2. The van der Waals surface area contributed by atoms with Gasteiger partial charge in [0, 0.05) is 44.0 Å². The molecule has 0 saturated carbocycles. The zero-order valence-electron chi connectivity index (χ0n) is 14.0. The first-order valence-electron chi connectivity index (χ1n) is 8.51. The first-order chi connectivity index (χ1) is 12.8. The number of hydrogen-bond acceptors (Lipinski definition) is 7. The van der Waals surface area contributed by atoms with E-state index in [2.05, 4.69) is 15.0 Å². The van der Waals surface area contributed by atoms with Crippen LogP contribution in [-0.2, 0) is 0 Å². The monoisotopic (exact) mass is 371 g/mol. The molecule has 0 radical (unpaired) electrons. The maximum atomic E-state index is 12.9. The summed E-state index contributed by atoms with van der Waals surface area (Å²) in [7, 11) is 0. The first-order valence-corrected chi connectivity index (χ1v) is 9.39. The lowest BCUT2D eigenvalue weighted by atomic mass is 10.2. The fraction of sp³-hybridized carbons (Fsp3) is 0.353. The third-order valence-corrected chi connectivity index (χ3v) is 5.55. The highest BCUT2D eigenvalue weighted by Crippen LogP contribution is 2.40. The quantitative estimate of drug-likeness (QED) is 0.680. The minimum atomic E-state index is 0.0134. The number of fused-ring (bicyclic) bond motifs is 2. The molecule has 9 heteroatoms. The summed E-state index contributed by atoms with van der Waals surface area (Å²) in [4.78, 5) is 21.8. The molecule has 2 aliphatic rings. The molecule has 0 N–H and O–H groups in total. The highest BCUT2D eigenvalue weighted by Gasteiger charge is 2.29. The number of piperazine rings is 1. The molecular formula is C17H17N5O3S. The van der Waals surface area contributed by atoms with Gasteiger partial charge in [-0.25, -0.2) is 9.50 Å². The van der Waals surface area contributed by atoms with Crippen LogP contribution in [0.3, 0.4) is 0 Å². The van der Waals surface area contributed by atoms with Crippen molar-refractivity contribution in [2.24, 2.45) is 0 Å². The number of anilines is 1. The lowest BCUT2D eigenvalue weighted by Crippen LogP contribution is -2.49. The van der Waals surface area contributed by atoms with Crippen molar-refractivity contribution >= 4 is 28.7 Å². The molecule has 8 nitrogen and oxygen atoms in total. The number of imidazole rings is 1. The molecule has 0 spiro atoms. The average Bonchev–Trinajstić information content (AvgIpc) is 3.34. The summed E-state index contributed by atoms with van der Waals surface area (Å²) < 4.78 is 12.9. The molecule has 3 aromatic heterocycles. The smallest absolute Gasteiger partial charge is 0.268 e. The van der Waals surface area contributed by atoms with Gasteiger partial charge in [-0.2, -0.15) is 0 Å². The largest absolute Gasteiger partial charge is 0.485 e. The molecule has 0 aliphatic carbocycles. The van der Waals surface area contributed by atoms with E-state index in [1.54, 1.807) is 10.7 Å².